The van der Waals surface area contributed by atoms with E-state index >= 15 is 0 Å². The van der Waals surface area contributed by atoms with Gasteiger partial charge in [-0.15, -0.1) is 0 Å². The SMILES string of the molecule is C[C@H](Cc1cccc(OCc2ccccc2)c1)CN(C)O. The molecule has 21 heavy (non-hydrogen) atoms. The summed E-state index contributed by atoms with van der Waals surface area (Å²) in [4.78, 5) is 0. The second kappa shape index (κ2) is 7.81. The van der Waals surface area contributed by atoms with E-state index in [4.69, 9.17) is 4.74 Å². The van der Waals surface area contributed by atoms with E-state index in [2.05, 4.69) is 31.2 Å². The second-order valence-corrected chi connectivity index (χ2v) is 5.57. The Morgan fingerprint density at radius 3 is 2.48 bits per heavy atom. The maximum atomic E-state index is 9.27. The monoisotopic (exact) mass is 285 g/mol. The molecule has 0 saturated heterocycles. The Balaban J connectivity index is 1.91. The van der Waals surface area contributed by atoms with Gasteiger partial charge in [-0.25, -0.2) is 0 Å². The Morgan fingerprint density at radius 2 is 1.76 bits per heavy atom. The summed E-state index contributed by atoms with van der Waals surface area (Å²) in [5.41, 5.74) is 2.40. The van der Waals surface area contributed by atoms with Crippen LogP contribution in [-0.2, 0) is 13.0 Å². The molecule has 112 valence electrons. The third-order valence-electron chi connectivity index (χ3n) is 3.31. The highest BCUT2D eigenvalue weighted by Crippen LogP contribution is 2.18. The molecule has 2 aromatic carbocycles. The first-order valence-corrected chi connectivity index (χ1v) is 7.29. The number of hydrogen-bond donors (Lipinski definition) is 1. The molecule has 0 aliphatic rings. The van der Waals surface area contributed by atoms with Crippen LogP contribution in [0, 0.1) is 5.92 Å². The summed E-state index contributed by atoms with van der Waals surface area (Å²) in [6.07, 6.45) is 0.924. The minimum atomic E-state index is 0.393. The van der Waals surface area contributed by atoms with E-state index in [9.17, 15) is 5.21 Å². The summed E-state index contributed by atoms with van der Waals surface area (Å²) < 4.78 is 5.84. The highest BCUT2D eigenvalue weighted by atomic mass is 16.5. The van der Waals surface area contributed by atoms with E-state index in [1.807, 2.05) is 30.3 Å². The van der Waals surface area contributed by atoms with Crippen molar-refractivity contribution < 1.29 is 9.94 Å². The van der Waals surface area contributed by atoms with Crippen molar-refractivity contribution in [3.05, 3.63) is 65.7 Å². The van der Waals surface area contributed by atoms with Crippen LogP contribution in [0.2, 0.25) is 0 Å². The first-order chi connectivity index (χ1) is 10.1. The number of rotatable bonds is 7. The van der Waals surface area contributed by atoms with Crippen LogP contribution >= 0.6 is 0 Å². The van der Waals surface area contributed by atoms with Crippen LogP contribution in [0.3, 0.4) is 0 Å². The smallest absolute Gasteiger partial charge is 0.120 e. The van der Waals surface area contributed by atoms with E-state index in [0.29, 0.717) is 19.1 Å². The van der Waals surface area contributed by atoms with Gasteiger partial charge in [-0.3, -0.25) is 0 Å². The number of benzene rings is 2. The molecule has 0 bridgehead atoms. The number of hydrogen-bond acceptors (Lipinski definition) is 3. The largest absolute Gasteiger partial charge is 0.489 e. The molecule has 3 heteroatoms. The normalized spacial score (nSPS) is 12.4. The van der Waals surface area contributed by atoms with Crippen LogP contribution in [0.5, 0.6) is 5.75 Å². The Kier molecular flexibility index (Phi) is 5.78. The number of nitrogens with zero attached hydrogens (tertiary/aromatic N) is 1. The maximum Gasteiger partial charge on any atom is 0.120 e. The summed E-state index contributed by atoms with van der Waals surface area (Å²) in [6.45, 7) is 3.37. The zero-order valence-corrected chi connectivity index (χ0v) is 12.7. The van der Waals surface area contributed by atoms with E-state index < -0.39 is 0 Å². The molecule has 0 aromatic heterocycles. The van der Waals surface area contributed by atoms with Gasteiger partial charge in [0.1, 0.15) is 12.4 Å². The van der Waals surface area contributed by atoms with E-state index in [-0.39, 0.29) is 0 Å². The fourth-order valence-electron chi connectivity index (χ4n) is 2.42. The summed E-state index contributed by atoms with van der Waals surface area (Å²) in [5, 5.41) is 10.5. The Hall–Kier alpha value is -1.84. The van der Waals surface area contributed by atoms with Gasteiger partial charge in [0.2, 0.25) is 0 Å². The van der Waals surface area contributed by atoms with Gasteiger partial charge in [-0.2, -0.15) is 5.06 Å². The summed E-state index contributed by atoms with van der Waals surface area (Å²) in [7, 11) is 1.68. The van der Waals surface area contributed by atoms with Gasteiger partial charge in [-0.1, -0.05) is 49.4 Å². The van der Waals surface area contributed by atoms with Gasteiger partial charge in [-0.05, 0) is 35.6 Å². The third-order valence-corrected chi connectivity index (χ3v) is 3.31. The number of hydroxylamine groups is 2. The Bertz CT molecular complexity index is 540. The average molecular weight is 285 g/mol. The second-order valence-electron chi connectivity index (χ2n) is 5.57. The lowest BCUT2D eigenvalue weighted by molar-refractivity contribution is -0.0743. The van der Waals surface area contributed by atoms with Crippen molar-refractivity contribution in [1.82, 2.24) is 5.06 Å². The van der Waals surface area contributed by atoms with Gasteiger partial charge >= 0.3 is 0 Å². The van der Waals surface area contributed by atoms with Crippen molar-refractivity contribution in [3.8, 4) is 5.75 Å². The van der Waals surface area contributed by atoms with E-state index in [0.717, 1.165) is 17.7 Å². The Morgan fingerprint density at radius 1 is 1.05 bits per heavy atom. The van der Waals surface area contributed by atoms with Gasteiger partial charge < -0.3 is 9.94 Å². The van der Waals surface area contributed by atoms with Gasteiger partial charge in [0.05, 0.1) is 0 Å². The highest BCUT2D eigenvalue weighted by Gasteiger charge is 2.07. The lowest BCUT2D eigenvalue weighted by Crippen LogP contribution is -2.21. The molecule has 0 spiro atoms. The van der Waals surface area contributed by atoms with Crippen LogP contribution < -0.4 is 4.74 Å². The first-order valence-electron chi connectivity index (χ1n) is 7.29. The molecule has 1 N–H and O–H groups in total. The molecular weight excluding hydrogens is 262 g/mol. The maximum absolute atomic E-state index is 9.27. The van der Waals surface area contributed by atoms with Crippen molar-refractivity contribution >= 4 is 0 Å². The third kappa shape index (κ3) is 5.58. The molecule has 0 unspecified atom stereocenters. The highest BCUT2D eigenvalue weighted by molar-refractivity contribution is 5.29. The van der Waals surface area contributed by atoms with Gasteiger partial charge in [0.25, 0.3) is 0 Å². The molecule has 0 fully saturated rings. The lowest BCUT2D eigenvalue weighted by atomic mass is 10.0. The van der Waals surface area contributed by atoms with E-state index in [1.54, 1.807) is 7.05 Å². The van der Waals surface area contributed by atoms with Crippen molar-refractivity contribution in [2.45, 2.75) is 20.0 Å². The predicted molar refractivity (Wildman–Crippen MR) is 84.5 cm³/mol. The van der Waals surface area contributed by atoms with Crippen LogP contribution in [0.1, 0.15) is 18.1 Å². The average Bonchev–Trinajstić information content (AvgIpc) is 2.46. The van der Waals surface area contributed by atoms with Crippen LogP contribution in [0.15, 0.2) is 54.6 Å². The molecule has 0 heterocycles. The van der Waals surface area contributed by atoms with Crippen molar-refractivity contribution in [1.29, 1.82) is 0 Å². The van der Waals surface area contributed by atoms with Crippen LogP contribution in [0.25, 0.3) is 0 Å². The quantitative estimate of drug-likeness (QED) is 0.786. The standard InChI is InChI=1S/C18H23NO2/c1-15(13-19(2)20)11-17-9-6-10-18(12-17)21-14-16-7-4-3-5-8-16/h3-10,12,15,20H,11,13-14H2,1-2H3/t15-/m1/s1. The summed E-state index contributed by atoms with van der Waals surface area (Å²) in [5.74, 6) is 1.28. The minimum absolute atomic E-state index is 0.393. The molecule has 2 rings (SSSR count). The molecule has 1 atom stereocenters. The first kappa shape index (κ1) is 15.5. The number of ether oxygens (including phenoxy) is 1. The minimum Gasteiger partial charge on any atom is -0.489 e. The summed E-state index contributed by atoms with van der Waals surface area (Å²) >= 11 is 0. The molecule has 0 aliphatic carbocycles. The van der Waals surface area contributed by atoms with Crippen LogP contribution in [-0.4, -0.2) is 23.9 Å². The molecular formula is C18H23NO2. The Labute approximate surface area is 126 Å². The molecule has 0 aliphatic heterocycles. The molecule has 2 aromatic rings. The summed E-state index contributed by atoms with van der Waals surface area (Å²) in [6, 6.07) is 18.3. The zero-order valence-electron chi connectivity index (χ0n) is 12.7. The van der Waals surface area contributed by atoms with Crippen molar-refractivity contribution in [3.63, 3.8) is 0 Å². The van der Waals surface area contributed by atoms with Gasteiger partial charge in [0, 0.05) is 13.6 Å². The zero-order chi connectivity index (χ0) is 15.1. The molecule has 3 nitrogen and oxygen atoms in total. The van der Waals surface area contributed by atoms with Crippen molar-refractivity contribution in [2.24, 2.45) is 5.92 Å². The van der Waals surface area contributed by atoms with Gasteiger partial charge in [0.15, 0.2) is 0 Å². The predicted octanol–water partition coefficient (Wildman–Crippen LogP) is 3.77. The molecule has 0 radical (unpaired) electrons. The molecule has 0 saturated carbocycles. The van der Waals surface area contributed by atoms with Crippen LogP contribution in [0.4, 0.5) is 0 Å². The topological polar surface area (TPSA) is 32.7 Å². The molecule has 0 amide bonds. The fourth-order valence-corrected chi connectivity index (χ4v) is 2.42. The lowest BCUT2D eigenvalue weighted by Gasteiger charge is -2.16. The fraction of sp³-hybridized carbons (Fsp3) is 0.333. The van der Waals surface area contributed by atoms with E-state index in [1.165, 1.54) is 10.6 Å². The van der Waals surface area contributed by atoms with Crippen molar-refractivity contribution in [2.75, 3.05) is 13.6 Å².